The van der Waals surface area contributed by atoms with E-state index >= 15 is 0 Å². The molecule has 1 aromatic carbocycles. The van der Waals surface area contributed by atoms with Gasteiger partial charge in [-0.05, 0) is 78.9 Å². The van der Waals surface area contributed by atoms with Crippen molar-refractivity contribution in [2.75, 3.05) is 5.73 Å². The lowest BCUT2D eigenvalue weighted by Gasteiger charge is -2.08. The smallest absolute Gasteiger partial charge is 0.192 e. The van der Waals surface area contributed by atoms with Crippen LogP contribution in [0.25, 0.3) is 0 Å². The normalized spacial score (nSPS) is 10.7. The number of anilines is 1. The average Bonchev–Trinajstić information content (AvgIpc) is 2.29. The van der Waals surface area contributed by atoms with Crippen molar-refractivity contribution < 1.29 is 0 Å². The molecule has 0 saturated heterocycles. The lowest BCUT2D eigenvalue weighted by molar-refractivity contribution is 0.880. The first-order chi connectivity index (χ1) is 8.47. The monoisotopic (exact) mass is 371 g/mol. The van der Waals surface area contributed by atoms with E-state index in [-0.39, 0.29) is 0 Å². The first-order valence-electron chi connectivity index (χ1n) is 5.52. The van der Waals surface area contributed by atoms with Gasteiger partial charge in [0.1, 0.15) is 0 Å². The minimum Gasteiger partial charge on any atom is -0.399 e. The molecule has 1 aromatic heterocycles. The van der Waals surface area contributed by atoms with Crippen molar-refractivity contribution in [1.29, 1.82) is 0 Å². The van der Waals surface area contributed by atoms with Gasteiger partial charge in [0.2, 0.25) is 0 Å². The molecule has 2 aromatic rings. The number of rotatable bonds is 2. The van der Waals surface area contributed by atoms with E-state index in [4.69, 9.17) is 5.73 Å². The predicted molar refractivity (Wildman–Crippen MR) is 83.9 cm³/mol. The number of nitrogens with two attached hydrogens (primary N) is 1. The van der Waals surface area contributed by atoms with Crippen molar-refractivity contribution in [3.05, 3.63) is 38.7 Å². The highest BCUT2D eigenvalue weighted by Crippen LogP contribution is 2.31. The summed E-state index contributed by atoms with van der Waals surface area (Å²) in [5, 5.41) is 0.790. The van der Waals surface area contributed by atoms with Crippen LogP contribution in [0.1, 0.15) is 17.0 Å². The molecule has 0 radical (unpaired) electrons. The Morgan fingerprint density at radius 1 is 1.11 bits per heavy atom. The van der Waals surface area contributed by atoms with E-state index in [1.165, 1.54) is 0 Å². The van der Waals surface area contributed by atoms with E-state index in [9.17, 15) is 0 Å². The molecule has 94 valence electrons. The molecule has 0 aliphatic heterocycles. The van der Waals surface area contributed by atoms with Gasteiger partial charge in [0.25, 0.3) is 0 Å². The maximum atomic E-state index is 5.74. The van der Waals surface area contributed by atoms with Crippen LogP contribution in [0.5, 0.6) is 0 Å². The molecule has 0 aliphatic carbocycles. The molecule has 0 atom stereocenters. The molecule has 0 spiro atoms. The van der Waals surface area contributed by atoms with Gasteiger partial charge in [-0.15, -0.1) is 0 Å². The Balaban J connectivity index is 2.34. The van der Waals surface area contributed by atoms with Crippen LogP contribution in [-0.4, -0.2) is 9.97 Å². The summed E-state index contributed by atoms with van der Waals surface area (Å²) in [7, 11) is 0. The molecule has 0 bridgehead atoms. The summed E-state index contributed by atoms with van der Waals surface area (Å²) in [5.41, 5.74) is 9.76. The summed E-state index contributed by atoms with van der Waals surface area (Å²) in [6.07, 6.45) is 0. The molecule has 0 amide bonds. The number of nitrogens with zero attached hydrogens (tertiary/aromatic N) is 2. The Labute approximate surface area is 125 Å². The van der Waals surface area contributed by atoms with Gasteiger partial charge < -0.3 is 5.73 Å². The second-order valence-electron chi connectivity index (χ2n) is 4.09. The van der Waals surface area contributed by atoms with E-state index in [0.717, 1.165) is 36.3 Å². The molecule has 0 fully saturated rings. The quantitative estimate of drug-likeness (QED) is 0.497. The topological polar surface area (TPSA) is 51.8 Å². The van der Waals surface area contributed by atoms with Crippen LogP contribution in [0.2, 0.25) is 0 Å². The van der Waals surface area contributed by atoms with Gasteiger partial charge in [0.15, 0.2) is 5.16 Å². The minimum atomic E-state index is 0.779. The first-order valence-corrected chi connectivity index (χ1v) is 7.41. The first kappa shape index (κ1) is 13.6. The summed E-state index contributed by atoms with van der Waals surface area (Å²) in [5.74, 6) is 0. The molecule has 0 saturated carbocycles. The highest BCUT2D eigenvalue weighted by atomic mass is 127. The van der Waals surface area contributed by atoms with Crippen LogP contribution in [0, 0.1) is 24.3 Å². The molecule has 18 heavy (non-hydrogen) atoms. The number of halogens is 1. The van der Waals surface area contributed by atoms with Gasteiger partial charge in [-0.2, -0.15) is 0 Å². The third kappa shape index (κ3) is 2.95. The second-order valence-corrected chi connectivity index (χ2v) is 6.27. The lowest BCUT2D eigenvalue weighted by Crippen LogP contribution is -1.98. The van der Waals surface area contributed by atoms with Gasteiger partial charge in [-0.25, -0.2) is 9.97 Å². The Bertz CT molecular complexity index is 576. The number of aryl methyl sites for hydroxylation is 2. The predicted octanol–water partition coefficient (Wildman–Crippen LogP) is 3.74. The zero-order valence-electron chi connectivity index (χ0n) is 10.5. The van der Waals surface area contributed by atoms with E-state index < -0.39 is 0 Å². The van der Waals surface area contributed by atoms with Gasteiger partial charge >= 0.3 is 0 Å². The fourth-order valence-corrected chi connectivity index (χ4v) is 3.21. The van der Waals surface area contributed by atoms with Crippen molar-refractivity contribution >= 4 is 40.0 Å². The molecule has 5 heteroatoms. The van der Waals surface area contributed by atoms with E-state index in [0.29, 0.717) is 0 Å². The zero-order valence-corrected chi connectivity index (χ0v) is 13.5. The summed E-state index contributed by atoms with van der Waals surface area (Å²) in [6, 6.07) is 5.87. The van der Waals surface area contributed by atoms with Crippen LogP contribution in [0.15, 0.2) is 28.3 Å². The molecular weight excluding hydrogens is 357 g/mol. The van der Waals surface area contributed by atoms with Crippen molar-refractivity contribution in [1.82, 2.24) is 9.97 Å². The maximum Gasteiger partial charge on any atom is 0.192 e. The maximum absolute atomic E-state index is 5.74. The number of benzene rings is 1. The second kappa shape index (κ2) is 5.44. The largest absolute Gasteiger partial charge is 0.399 e. The van der Waals surface area contributed by atoms with Crippen LogP contribution < -0.4 is 5.73 Å². The molecule has 1 heterocycles. The zero-order chi connectivity index (χ0) is 13.3. The summed E-state index contributed by atoms with van der Waals surface area (Å²) >= 11 is 3.86. The van der Waals surface area contributed by atoms with Gasteiger partial charge in [0.05, 0.1) is 0 Å². The average molecular weight is 371 g/mol. The van der Waals surface area contributed by atoms with Crippen LogP contribution in [-0.2, 0) is 0 Å². The summed E-state index contributed by atoms with van der Waals surface area (Å²) < 4.78 is 1.12. The highest BCUT2D eigenvalue weighted by Gasteiger charge is 2.08. The van der Waals surface area contributed by atoms with Crippen LogP contribution in [0.4, 0.5) is 5.69 Å². The number of hydrogen-bond acceptors (Lipinski definition) is 4. The van der Waals surface area contributed by atoms with Crippen molar-refractivity contribution in [3.63, 3.8) is 0 Å². The molecule has 2 N–H and O–H groups in total. The van der Waals surface area contributed by atoms with Crippen LogP contribution in [0.3, 0.4) is 0 Å². The van der Waals surface area contributed by atoms with Gasteiger partial charge in [0, 0.05) is 25.5 Å². The lowest BCUT2D eigenvalue weighted by atomic mass is 10.2. The van der Waals surface area contributed by atoms with Crippen LogP contribution >= 0.6 is 34.4 Å². The molecule has 2 rings (SSSR count). The number of hydrogen-bond donors (Lipinski definition) is 1. The number of nitrogen functional groups attached to an aromatic ring is 1. The third-order valence-electron chi connectivity index (χ3n) is 2.77. The molecule has 0 unspecified atom stereocenters. The Kier molecular flexibility index (Phi) is 4.11. The fraction of sp³-hybridized carbons (Fsp3) is 0.231. The Morgan fingerprint density at radius 3 is 2.28 bits per heavy atom. The molecule has 0 aliphatic rings. The van der Waals surface area contributed by atoms with E-state index in [1.54, 1.807) is 11.8 Å². The van der Waals surface area contributed by atoms with E-state index in [1.807, 2.05) is 39.0 Å². The van der Waals surface area contributed by atoms with Crippen molar-refractivity contribution in [3.8, 4) is 0 Å². The molecular formula is C13H14IN3S. The minimum absolute atomic E-state index is 0.779. The fourth-order valence-electron chi connectivity index (χ4n) is 1.49. The van der Waals surface area contributed by atoms with E-state index in [2.05, 4.69) is 32.6 Å². The Hall–Kier alpha value is -0.820. The summed E-state index contributed by atoms with van der Waals surface area (Å²) in [4.78, 5) is 10.2. The van der Waals surface area contributed by atoms with Crippen molar-refractivity contribution in [2.45, 2.75) is 30.8 Å². The highest BCUT2D eigenvalue weighted by molar-refractivity contribution is 14.1. The van der Waals surface area contributed by atoms with Gasteiger partial charge in [-0.3, -0.25) is 0 Å². The standard InChI is InChI=1S/C13H14IN3S/c1-7-8(2)16-13(17-9(7)3)18-12-5-4-10(15)6-11(12)14/h4-6H,15H2,1-3H3. The van der Waals surface area contributed by atoms with Crippen molar-refractivity contribution in [2.24, 2.45) is 0 Å². The van der Waals surface area contributed by atoms with Gasteiger partial charge in [-0.1, -0.05) is 0 Å². The SMILES string of the molecule is Cc1nc(Sc2ccc(N)cc2I)nc(C)c1C. The third-order valence-corrected chi connectivity index (χ3v) is 4.97. The summed E-state index contributed by atoms with van der Waals surface area (Å²) in [6.45, 7) is 6.08. The Morgan fingerprint density at radius 2 is 1.72 bits per heavy atom. The molecule has 3 nitrogen and oxygen atoms in total. The number of aromatic nitrogens is 2.